The van der Waals surface area contributed by atoms with Gasteiger partial charge in [0.05, 0.1) is 11.8 Å². The van der Waals surface area contributed by atoms with Crippen molar-refractivity contribution >= 4 is 0 Å². The number of hydrogen-bond acceptors (Lipinski definition) is 3. The Kier molecular flexibility index (Phi) is 4.31. The van der Waals surface area contributed by atoms with E-state index in [-0.39, 0.29) is 5.41 Å². The van der Waals surface area contributed by atoms with Crippen LogP contribution in [-0.4, -0.2) is 29.0 Å². The summed E-state index contributed by atoms with van der Waals surface area (Å²) in [6, 6.07) is 0. The van der Waals surface area contributed by atoms with Gasteiger partial charge in [0.2, 0.25) is 0 Å². The van der Waals surface area contributed by atoms with Gasteiger partial charge in [0.25, 0.3) is 0 Å². The van der Waals surface area contributed by atoms with E-state index in [0.717, 1.165) is 25.4 Å². The third kappa shape index (κ3) is 3.57. The average molecular weight is 265 g/mol. The number of ether oxygens (including phenoxy) is 1. The van der Waals surface area contributed by atoms with E-state index in [9.17, 15) is 0 Å². The van der Waals surface area contributed by atoms with Gasteiger partial charge < -0.3 is 10.1 Å². The van der Waals surface area contributed by atoms with Gasteiger partial charge in [-0.25, -0.2) is 0 Å². The van der Waals surface area contributed by atoms with E-state index < -0.39 is 0 Å². The molecule has 0 bridgehead atoms. The Hall–Kier alpha value is -0.870. The number of aryl methyl sites for hydroxylation is 2. The molecule has 1 aliphatic rings. The van der Waals surface area contributed by atoms with Crippen molar-refractivity contribution in [1.82, 2.24) is 15.1 Å². The molecule has 0 amide bonds. The van der Waals surface area contributed by atoms with Crippen LogP contribution < -0.4 is 5.32 Å². The normalized spacial score (nSPS) is 24.1. The molecule has 108 valence electrons. The van der Waals surface area contributed by atoms with Crippen molar-refractivity contribution in [2.45, 2.75) is 46.8 Å². The fourth-order valence-electron chi connectivity index (χ4n) is 3.01. The Bertz CT molecular complexity index is 420. The Labute approximate surface area is 116 Å². The summed E-state index contributed by atoms with van der Waals surface area (Å²) in [5.74, 6) is 0.622. The van der Waals surface area contributed by atoms with Crippen molar-refractivity contribution in [2.75, 3.05) is 13.2 Å². The van der Waals surface area contributed by atoms with Crippen LogP contribution >= 0.6 is 0 Å². The van der Waals surface area contributed by atoms with E-state index in [1.165, 1.54) is 12.0 Å². The van der Waals surface area contributed by atoms with Crippen LogP contribution in [-0.2, 0) is 18.3 Å². The number of nitrogens with one attached hydrogen (secondary N) is 1. The van der Waals surface area contributed by atoms with Crippen molar-refractivity contribution in [3.63, 3.8) is 0 Å². The van der Waals surface area contributed by atoms with Gasteiger partial charge in [-0.15, -0.1) is 0 Å². The van der Waals surface area contributed by atoms with Gasteiger partial charge in [-0.2, -0.15) is 5.10 Å². The van der Waals surface area contributed by atoms with Crippen LogP contribution in [0.2, 0.25) is 0 Å². The van der Waals surface area contributed by atoms with Crippen molar-refractivity contribution in [1.29, 1.82) is 0 Å². The summed E-state index contributed by atoms with van der Waals surface area (Å²) in [5, 5.41) is 7.93. The molecule has 1 aromatic heterocycles. The third-order valence-corrected chi connectivity index (χ3v) is 3.90. The quantitative estimate of drug-likeness (QED) is 0.907. The first-order valence-electron chi connectivity index (χ1n) is 7.19. The molecule has 19 heavy (non-hydrogen) atoms. The van der Waals surface area contributed by atoms with Gasteiger partial charge in [0.1, 0.15) is 0 Å². The summed E-state index contributed by atoms with van der Waals surface area (Å²) in [6.07, 6.45) is 3.63. The molecule has 1 aromatic rings. The van der Waals surface area contributed by atoms with E-state index in [1.807, 2.05) is 11.7 Å². The van der Waals surface area contributed by atoms with Gasteiger partial charge in [-0.1, -0.05) is 20.8 Å². The first-order chi connectivity index (χ1) is 8.88. The fraction of sp³-hybridized carbons (Fsp3) is 0.800. The monoisotopic (exact) mass is 265 g/mol. The zero-order chi connectivity index (χ0) is 14.0. The van der Waals surface area contributed by atoms with E-state index >= 15 is 0 Å². The molecule has 0 aliphatic carbocycles. The minimum Gasteiger partial charge on any atom is -0.377 e. The minimum absolute atomic E-state index is 0.229. The van der Waals surface area contributed by atoms with Crippen LogP contribution in [0.1, 0.15) is 38.4 Å². The predicted molar refractivity (Wildman–Crippen MR) is 77.0 cm³/mol. The molecule has 1 fully saturated rings. The van der Waals surface area contributed by atoms with Crippen molar-refractivity contribution in [3.05, 3.63) is 17.5 Å². The Morgan fingerprint density at radius 1 is 1.47 bits per heavy atom. The number of aromatic nitrogens is 2. The van der Waals surface area contributed by atoms with Crippen LogP contribution in [0.5, 0.6) is 0 Å². The summed E-state index contributed by atoms with van der Waals surface area (Å²) in [6.45, 7) is 11.7. The zero-order valence-corrected chi connectivity index (χ0v) is 12.9. The largest absolute Gasteiger partial charge is 0.377 e. The predicted octanol–water partition coefficient (Wildman–Crippen LogP) is 2.27. The Morgan fingerprint density at radius 3 is 2.79 bits per heavy atom. The van der Waals surface area contributed by atoms with Crippen LogP contribution in [0.4, 0.5) is 0 Å². The third-order valence-electron chi connectivity index (χ3n) is 3.90. The lowest BCUT2D eigenvalue weighted by atomic mass is 9.81. The molecule has 0 radical (unpaired) electrons. The van der Waals surface area contributed by atoms with E-state index in [4.69, 9.17) is 4.74 Å². The highest BCUT2D eigenvalue weighted by molar-refractivity contribution is 5.14. The number of hydrogen-bond donors (Lipinski definition) is 1. The fourth-order valence-corrected chi connectivity index (χ4v) is 3.01. The van der Waals surface area contributed by atoms with Gasteiger partial charge >= 0.3 is 0 Å². The highest BCUT2D eigenvalue weighted by atomic mass is 16.5. The lowest BCUT2D eigenvalue weighted by molar-refractivity contribution is 0.00721. The molecular weight excluding hydrogens is 238 g/mol. The molecule has 0 aromatic carbocycles. The van der Waals surface area contributed by atoms with Gasteiger partial charge in [0, 0.05) is 44.4 Å². The Balaban J connectivity index is 1.84. The number of rotatable bonds is 4. The molecule has 0 saturated carbocycles. The molecule has 2 rings (SSSR count). The lowest BCUT2D eigenvalue weighted by Gasteiger charge is -2.31. The summed E-state index contributed by atoms with van der Waals surface area (Å²) in [7, 11) is 1.97. The standard InChI is InChI=1S/C15H27N3O/c1-11-13(10-18(5)17-11)9-16-8-12-6-7-19-14(12)15(2,3)4/h10,12,14,16H,6-9H2,1-5H3/t12-,14+/m1/s1. The highest BCUT2D eigenvalue weighted by Crippen LogP contribution is 2.34. The summed E-state index contributed by atoms with van der Waals surface area (Å²) in [4.78, 5) is 0. The molecule has 1 aliphatic heterocycles. The van der Waals surface area contributed by atoms with Crippen LogP contribution in [0.25, 0.3) is 0 Å². The molecule has 0 unspecified atom stereocenters. The summed E-state index contributed by atoms with van der Waals surface area (Å²) in [5.41, 5.74) is 2.63. The maximum absolute atomic E-state index is 5.90. The van der Waals surface area contributed by atoms with Gasteiger partial charge in [0.15, 0.2) is 0 Å². The van der Waals surface area contributed by atoms with Crippen molar-refractivity contribution in [3.8, 4) is 0 Å². The lowest BCUT2D eigenvalue weighted by Crippen LogP contribution is -2.36. The minimum atomic E-state index is 0.229. The molecule has 4 heteroatoms. The average Bonchev–Trinajstić information content (AvgIpc) is 2.85. The topological polar surface area (TPSA) is 39.1 Å². The molecule has 1 saturated heterocycles. The zero-order valence-electron chi connectivity index (χ0n) is 12.9. The maximum Gasteiger partial charge on any atom is 0.0664 e. The van der Waals surface area contributed by atoms with Crippen LogP contribution in [0.15, 0.2) is 6.20 Å². The van der Waals surface area contributed by atoms with Crippen LogP contribution in [0, 0.1) is 18.3 Å². The molecule has 2 atom stereocenters. The van der Waals surface area contributed by atoms with E-state index in [2.05, 4.69) is 44.3 Å². The second kappa shape index (κ2) is 5.63. The summed E-state index contributed by atoms with van der Waals surface area (Å²) < 4.78 is 7.78. The van der Waals surface area contributed by atoms with E-state index in [1.54, 1.807) is 0 Å². The smallest absolute Gasteiger partial charge is 0.0664 e. The molecule has 4 nitrogen and oxygen atoms in total. The first-order valence-corrected chi connectivity index (χ1v) is 7.19. The molecule has 2 heterocycles. The maximum atomic E-state index is 5.90. The summed E-state index contributed by atoms with van der Waals surface area (Å²) >= 11 is 0. The molecule has 1 N–H and O–H groups in total. The molecule has 0 spiro atoms. The van der Waals surface area contributed by atoms with E-state index in [0.29, 0.717) is 12.0 Å². The Morgan fingerprint density at radius 2 is 2.21 bits per heavy atom. The van der Waals surface area contributed by atoms with Crippen LogP contribution in [0.3, 0.4) is 0 Å². The second-order valence-electron chi connectivity index (χ2n) is 6.75. The molecular formula is C15H27N3O. The first kappa shape index (κ1) is 14.5. The second-order valence-corrected chi connectivity index (χ2v) is 6.75. The van der Waals surface area contributed by atoms with Crippen molar-refractivity contribution in [2.24, 2.45) is 18.4 Å². The highest BCUT2D eigenvalue weighted by Gasteiger charge is 2.36. The number of nitrogens with zero attached hydrogens (tertiary/aromatic N) is 2. The van der Waals surface area contributed by atoms with Crippen molar-refractivity contribution < 1.29 is 4.74 Å². The van der Waals surface area contributed by atoms with Gasteiger partial charge in [-0.3, -0.25) is 4.68 Å². The SMILES string of the molecule is Cc1nn(C)cc1CNC[C@H]1CCO[C@@H]1C(C)(C)C. The van der Waals surface area contributed by atoms with Gasteiger partial charge in [-0.05, 0) is 18.8 Å².